The van der Waals surface area contributed by atoms with E-state index in [4.69, 9.17) is 4.74 Å². The SMILES string of the molecule is COCCn1nnc2cc(S(=O)(=O)N3CCCC3C(=O)O)ccc21. The van der Waals surface area contributed by atoms with Crippen molar-refractivity contribution in [1.29, 1.82) is 0 Å². The zero-order chi connectivity index (χ0) is 17.3. The van der Waals surface area contributed by atoms with Crippen LogP contribution >= 0.6 is 0 Å². The van der Waals surface area contributed by atoms with Gasteiger partial charge < -0.3 is 9.84 Å². The van der Waals surface area contributed by atoms with Gasteiger partial charge in [-0.2, -0.15) is 4.31 Å². The molecular weight excluding hydrogens is 336 g/mol. The number of aromatic nitrogens is 3. The molecule has 1 fully saturated rings. The second kappa shape index (κ2) is 6.46. The van der Waals surface area contributed by atoms with Gasteiger partial charge >= 0.3 is 5.97 Å². The molecule has 0 amide bonds. The molecule has 130 valence electrons. The number of carboxylic acids is 1. The molecule has 0 bridgehead atoms. The topological polar surface area (TPSA) is 115 Å². The first kappa shape index (κ1) is 16.8. The van der Waals surface area contributed by atoms with Crippen molar-refractivity contribution in [1.82, 2.24) is 19.3 Å². The maximum atomic E-state index is 12.8. The maximum Gasteiger partial charge on any atom is 0.322 e. The van der Waals surface area contributed by atoms with Crippen LogP contribution < -0.4 is 0 Å². The zero-order valence-electron chi connectivity index (χ0n) is 13.1. The van der Waals surface area contributed by atoms with Crippen molar-refractivity contribution in [2.45, 2.75) is 30.3 Å². The first-order chi connectivity index (χ1) is 11.4. The molecule has 0 spiro atoms. The van der Waals surface area contributed by atoms with Crippen molar-refractivity contribution in [2.24, 2.45) is 0 Å². The molecule has 0 aliphatic carbocycles. The smallest absolute Gasteiger partial charge is 0.322 e. The minimum absolute atomic E-state index is 0.0296. The van der Waals surface area contributed by atoms with Gasteiger partial charge in [0.2, 0.25) is 10.0 Å². The van der Waals surface area contributed by atoms with Crippen LogP contribution in [0, 0.1) is 0 Å². The Morgan fingerprint density at radius 1 is 1.46 bits per heavy atom. The van der Waals surface area contributed by atoms with Gasteiger partial charge in [-0.1, -0.05) is 5.21 Å². The molecule has 0 radical (unpaired) electrons. The summed E-state index contributed by atoms with van der Waals surface area (Å²) in [6.07, 6.45) is 0.857. The van der Waals surface area contributed by atoms with Crippen molar-refractivity contribution < 1.29 is 23.1 Å². The Morgan fingerprint density at radius 2 is 2.25 bits per heavy atom. The molecule has 1 atom stereocenters. The lowest BCUT2D eigenvalue weighted by molar-refractivity contribution is -0.140. The first-order valence-electron chi connectivity index (χ1n) is 7.52. The Morgan fingerprint density at radius 3 is 2.96 bits per heavy atom. The van der Waals surface area contributed by atoms with Gasteiger partial charge in [0.05, 0.1) is 23.6 Å². The van der Waals surface area contributed by atoms with Gasteiger partial charge in [-0.15, -0.1) is 5.10 Å². The summed E-state index contributed by atoms with van der Waals surface area (Å²) in [4.78, 5) is 11.3. The standard InChI is InChI=1S/C14H18N4O5S/c1-23-8-7-17-12-5-4-10(9-11(12)15-16-17)24(21,22)18-6-2-3-13(18)14(19)20/h4-5,9,13H,2-3,6-8H2,1H3,(H,19,20). The van der Waals surface area contributed by atoms with Crippen LogP contribution in [0.15, 0.2) is 23.1 Å². The third-order valence-corrected chi connectivity index (χ3v) is 5.99. The van der Waals surface area contributed by atoms with E-state index in [0.717, 1.165) is 4.31 Å². The fourth-order valence-corrected chi connectivity index (χ4v) is 4.54. The van der Waals surface area contributed by atoms with E-state index in [1.165, 1.54) is 12.1 Å². The number of ether oxygens (including phenoxy) is 1. The molecule has 0 saturated carbocycles. The van der Waals surface area contributed by atoms with Gasteiger partial charge in [0.25, 0.3) is 0 Å². The second-order valence-electron chi connectivity index (χ2n) is 5.57. The quantitative estimate of drug-likeness (QED) is 0.794. The normalized spacial score (nSPS) is 19.1. The number of nitrogens with zero attached hydrogens (tertiary/aromatic N) is 4. The van der Waals surface area contributed by atoms with Crippen LogP contribution in [0.4, 0.5) is 0 Å². The van der Waals surface area contributed by atoms with Crippen molar-refractivity contribution in [3.8, 4) is 0 Å². The zero-order valence-corrected chi connectivity index (χ0v) is 13.9. The summed E-state index contributed by atoms with van der Waals surface area (Å²) in [7, 11) is -2.30. The molecule has 2 heterocycles. The van der Waals surface area contributed by atoms with Gasteiger partial charge in [0.15, 0.2) is 0 Å². The average Bonchev–Trinajstić information content (AvgIpc) is 3.19. The number of aliphatic carboxylic acids is 1. The number of methoxy groups -OCH3 is 1. The number of benzene rings is 1. The molecule has 1 aromatic carbocycles. The average molecular weight is 354 g/mol. The summed E-state index contributed by atoms with van der Waals surface area (Å²) in [5.41, 5.74) is 1.14. The maximum absolute atomic E-state index is 12.8. The van der Waals surface area contributed by atoms with Crippen molar-refractivity contribution in [3.63, 3.8) is 0 Å². The lowest BCUT2D eigenvalue weighted by atomic mass is 10.2. The van der Waals surface area contributed by atoms with E-state index < -0.39 is 22.0 Å². The Labute approximate surface area is 138 Å². The van der Waals surface area contributed by atoms with Gasteiger partial charge in [-0.25, -0.2) is 13.1 Å². The lowest BCUT2D eigenvalue weighted by Crippen LogP contribution is -2.40. The molecule has 24 heavy (non-hydrogen) atoms. The fraction of sp³-hybridized carbons (Fsp3) is 0.500. The minimum Gasteiger partial charge on any atom is -0.480 e. The Bertz CT molecular complexity index is 863. The highest BCUT2D eigenvalue weighted by Gasteiger charge is 2.39. The molecule has 1 aliphatic heterocycles. The molecule has 1 aromatic heterocycles. The molecule has 9 nitrogen and oxygen atoms in total. The van der Waals surface area contributed by atoms with Crippen LogP contribution in [0.5, 0.6) is 0 Å². The van der Waals surface area contributed by atoms with E-state index in [1.54, 1.807) is 17.9 Å². The van der Waals surface area contributed by atoms with E-state index in [0.29, 0.717) is 37.0 Å². The predicted molar refractivity (Wildman–Crippen MR) is 84.0 cm³/mol. The highest BCUT2D eigenvalue weighted by atomic mass is 32.2. The summed E-state index contributed by atoms with van der Waals surface area (Å²) in [6, 6.07) is 3.51. The number of hydrogen-bond donors (Lipinski definition) is 1. The van der Waals surface area contributed by atoms with Crippen molar-refractivity contribution in [3.05, 3.63) is 18.2 Å². The Kier molecular flexibility index (Phi) is 4.52. The Hall–Kier alpha value is -2.04. The van der Waals surface area contributed by atoms with E-state index in [-0.39, 0.29) is 11.4 Å². The number of carbonyl (C=O) groups is 1. The summed E-state index contributed by atoms with van der Waals surface area (Å²) in [5, 5.41) is 17.2. The lowest BCUT2D eigenvalue weighted by Gasteiger charge is -2.20. The third kappa shape index (κ3) is 2.87. The molecule has 1 saturated heterocycles. The number of sulfonamides is 1. The van der Waals surface area contributed by atoms with Crippen molar-refractivity contribution >= 4 is 27.0 Å². The minimum atomic E-state index is -3.88. The van der Waals surface area contributed by atoms with Gasteiger partial charge in [-0.3, -0.25) is 4.79 Å². The van der Waals surface area contributed by atoms with E-state index in [9.17, 15) is 18.3 Å². The highest BCUT2D eigenvalue weighted by Crippen LogP contribution is 2.27. The van der Waals surface area contributed by atoms with E-state index >= 15 is 0 Å². The molecule has 1 aliphatic rings. The van der Waals surface area contributed by atoms with E-state index in [2.05, 4.69) is 10.3 Å². The monoisotopic (exact) mass is 354 g/mol. The second-order valence-corrected chi connectivity index (χ2v) is 7.46. The molecule has 1 unspecified atom stereocenters. The van der Waals surface area contributed by atoms with Crippen LogP contribution in [0.2, 0.25) is 0 Å². The number of fused-ring (bicyclic) bond motifs is 1. The van der Waals surface area contributed by atoms with Crippen LogP contribution in [0.3, 0.4) is 0 Å². The van der Waals surface area contributed by atoms with Gasteiger partial charge in [0, 0.05) is 13.7 Å². The van der Waals surface area contributed by atoms with Gasteiger partial charge in [-0.05, 0) is 31.0 Å². The van der Waals surface area contributed by atoms with Gasteiger partial charge in [0.1, 0.15) is 11.6 Å². The Balaban J connectivity index is 1.95. The van der Waals surface area contributed by atoms with Crippen LogP contribution in [-0.4, -0.2) is 65.1 Å². The summed E-state index contributed by atoms with van der Waals surface area (Å²) < 4.78 is 33.2. The van der Waals surface area contributed by atoms with Crippen LogP contribution in [0.1, 0.15) is 12.8 Å². The van der Waals surface area contributed by atoms with Crippen LogP contribution in [0.25, 0.3) is 11.0 Å². The first-order valence-corrected chi connectivity index (χ1v) is 8.96. The third-order valence-electron chi connectivity index (χ3n) is 4.09. The molecule has 1 N–H and O–H groups in total. The number of rotatable bonds is 6. The molecule has 2 aromatic rings. The molecule has 10 heteroatoms. The summed E-state index contributed by atoms with van der Waals surface area (Å²) in [6.45, 7) is 1.18. The fourth-order valence-electron chi connectivity index (χ4n) is 2.87. The highest BCUT2D eigenvalue weighted by molar-refractivity contribution is 7.89. The molecular formula is C14H18N4O5S. The molecule has 3 rings (SSSR count). The van der Waals surface area contributed by atoms with Crippen molar-refractivity contribution in [2.75, 3.05) is 20.3 Å². The predicted octanol–water partition coefficient (Wildman–Crippen LogP) is 0.315. The number of hydrogen-bond acceptors (Lipinski definition) is 6. The van der Waals surface area contributed by atoms with Crippen LogP contribution in [-0.2, 0) is 26.1 Å². The number of carboxylic acid groups (broad SMARTS) is 1. The van der Waals surface area contributed by atoms with E-state index in [1.807, 2.05) is 0 Å². The largest absolute Gasteiger partial charge is 0.480 e. The summed E-state index contributed by atoms with van der Waals surface area (Å²) >= 11 is 0. The summed E-state index contributed by atoms with van der Waals surface area (Å²) in [5.74, 6) is -1.12.